The second kappa shape index (κ2) is 36.1. The first-order chi connectivity index (χ1) is 32.6. The summed E-state index contributed by atoms with van der Waals surface area (Å²) in [5.41, 5.74) is 0. The number of aliphatic hydroxyl groups excluding tert-OH is 4. The van der Waals surface area contributed by atoms with Gasteiger partial charge in [-0.3, -0.25) is 23.2 Å². The van der Waals surface area contributed by atoms with Crippen LogP contribution in [0.2, 0.25) is 0 Å². The van der Waals surface area contributed by atoms with E-state index >= 15 is 0 Å². The minimum absolute atomic E-state index is 0.00533. The minimum Gasteiger partial charge on any atom is -0.462 e. The summed E-state index contributed by atoms with van der Waals surface area (Å²) in [5, 5.41) is 41.3. The lowest BCUT2D eigenvalue weighted by Crippen LogP contribution is -2.64. The first-order valence-electron chi connectivity index (χ1n) is 24.3. The summed E-state index contributed by atoms with van der Waals surface area (Å²) in [4.78, 5) is 54.5. The van der Waals surface area contributed by atoms with Gasteiger partial charge in [-0.15, -0.1) is 0 Å². The van der Waals surface area contributed by atoms with E-state index in [9.17, 15) is 53.8 Å². The Morgan fingerprint density at radius 1 is 0.559 bits per heavy atom. The summed E-state index contributed by atoms with van der Waals surface area (Å²) < 4.78 is 55.2. The molecule has 0 aromatic carbocycles. The monoisotopic (exact) mass is 1000 g/mol. The van der Waals surface area contributed by atoms with E-state index in [1.165, 1.54) is 19.3 Å². The second-order valence-corrected chi connectivity index (χ2v) is 19.4. The van der Waals surface area contributed by atoms with Crippen molar-refractivity contribution in [2.75, 3.05) is 13.2 Å². The van der Waals surface area contributed by atoms with Crippen molar-refractivity contribution >= 4 is 27.6 Å². The van der Waals surface area contributed by atoms with Gasteiger partial charge in [0.15, 0.2) is 6.10 Å². The van der Waals surface area contributed by atoms with Crippen LogP contribution in [0.4, 0.5) is 0 Å². The molecule has 7 unspecified atom stereocenters. The number of carbonyl (C=O) groups excluding carboxylic acids is 2. The number of hydrogen-bond acceptors (Lipinski definition) is 14. The number of esters is 2. The molecule has 68 heavy (non-hydrogen) atoms. The number of carbonyl (C=O) groups is 2. The normalized spacial score (nSPS) is 25.0. The zero-order chi connectivity index (χ0) is 50.0. The standard InChI is InChI=1S/C49H80O17P2/c1-3-5-7-9-11-13-15-17-18-19-20-21-23-25-27-29-31-35-43(51)63-39(38-62-68(59,60)66-49-46(54)44(52)45(53)48(47(49)55)65-67(56,57)58)37-61-42(50)36-32-34-41-40(64-41)33-30-28-26-24-22-16-14-12-10-8-6-4-2/h5,7,11-14,17-18,20-22,24,28,30,39-41,44-49,52-55H,3-4,6,8-10,15-16,19,23,25-27,29,31-38H2,1-2H3,(H,59,60)(H2,56,57,58)/b7-5-,13-11-,14-12-,18-17-,21-20-,24-22-,30-28-/t39-,40?,41?,44?,45?,46?,47?,48-,49+/m1/s1. The Morgan fingerprint density at radius 2 is 1.07 bits per heavy atom. The molecule has 2 rings (SSSR count). The molecule has 1 aliphatic carbocycles. The van der Waals surface area contributed by atoms with Gasteiger partial charge >= 0.3 is 27.6 Å². The molecule has 0 amide bonds. The highest BCUT2D eigenvalue weighted by Gasteiger charge is 2.54. The molecule has 1 saturated heterocycles. The molecule has 0 radical (unpaired) electrons. The Hall–Kier alpha value is -2.86. The van der Waals surface area contributed by atoms with Crippen molar-refractivity contribution < 1.29 is 81.6 Å². The number of rotatable bonds is 38. The third kappa shape index (κ3) is 29.4. The average Bonchev–Trinajstić information content (AvgIpc) is 4.05. The molecular weight excluding hydrogens is 922 g/mol. The number of allylic oxidation sites excluding steroid dienone is 13. The lowest BCUT2D eigenvalue weighted by molar-refractivity contribution is -0.216. The van der Waals surface area contributed by atoms with Gasteiger partial charge in [0, 0.05) is 12.8 Å². The summed E-state index contributed by atoms with van der Waals surface area (Å²) in [6, 6.07) is 0. The Kier molecular flexibility index (Phi) is 32.5. The molecule has 0 bridgehead atoms. The Bertz CT molecular complexity index is 1700. The van der Waals surface area contributed by atoms with Gasteiger partial charge in [0.2, 0.25) is 0 Å². The highest BCUT2D eigenvalue weighted by atomic mass is 31.2. The molecule has 1 aliphatic heterocycles. The first kappa shape index (κ1) is 61.3. The predicted molar refractivity (Wildman–Crippen MR) is 259 cm³/mol. The van der Waals surface area contributed by atoms with Crippen LogP contribution in [-0.4, -0.2) is 115 Å². The fraction of sp³-hybridized carbons (Fsp3) is 0.673. The molecule has 0 aromatic rings. The smallest absolute Gasteiger partial charge is 0.462 e. The molecule has 0 aromatic heterocycles. The van der Waals surface area contributed by atoms with Crippen molar-refractivity contribution in [3.8, 4) is 0 Å². The predicted octanol–water partition coefficient (Wildman–Crippen LogP) is 8.38. The molecule has 19 heteroatoms. The second-order valence-electron chi connectivity index (χ2n) is 16.8. The third-order valence-electron chi connectivity index (χ3n) is 10.9. The van der Waals surface area contributed by atoms with E-state index < -0.39 is 83.5 Å². The fourth-order valence-corrected chi connectivity index (χ4v) is 8.58. The van der Waals surface area contributed by atoms with Crippen LogP contribution in [-0.2, 0) is 46.5 Å². The Balaban J connectivity index is 1.83. The van der Waals surface area contributed by atoms with Crippen LogP contribution in [0.3, 0.4) is 0 Å². The van der Waals surface area contributed by atoms with Gasteiger partial charge in [-0.1, -0.05) is 125 Å². The molecule has 2 fully saturated rings. The molecule has 10 atom stereocenters. The Morgan fingerprint density at radius 3 is 1.65 bits per heavy atom. The number of ether oxygens (including phenoxy) is 3. The molecule has 17 nitrogen and oxygen atoms in total. The summed E-state index contributed by atoms with van der Waals surface area (Å²) in [6.07, 6.45) is 31.2. The molecule has 2 aliphatic rings. The summed E-state index contributed by atoms with van der Waals surface area (Å²) >= 11 is 0. The van der Waals surface area contributed by atoms with E-state index in [-0.39, 0.29) is 25.0 Å². The number of aliphatic hydroxyl groups is 4. The minimum atomic E-state index is -5.38. The maximum Gasteiger partial charge on any atom is 0.472 e. The lowest BCUT2D eigenvalue weighted by Gasteiger charge is -2.43. The van der Waals surface area contributed by atoms with Crippen molar-refractivity contribution in [1.29, 1.82) is 0 Å². The zero-order valence-electron chi connectivity index (χ0n) is 39.9. The quantitative estimate of drug-likeness (QED) is 0.0101. The number of unbranched alkanes of at least 4 members (excludes halogenated alkanes) is 7. The van der Waals surface area contributed by atoms with Gasteiger partial charge in [0.05, 0.1) is 18.8 Å². The topological polar surface area (TPSA) is 269 Å². The third-order valence-corrected chi connectivity index (χ3v) is 12.4. The largest absolute Gasteiger partial charge is 0.472 e. The van der Waals surface area contributed by atoms with Crippen molar-refractivity contribution in [3.63, 3.8) is 0 Å². The zero-order valence-corrected chi connectivity index (χ0v) is 41.7. The number of epoxide rings is 1. The van der Waals surface area contributed by atoms with Gasteiger partial charge in [0.1, 0.15) is 43.2 Å². The van der Waals surface area contributed by atoms with Crippen molar-refractivity contribution in [3.05, 3.63) is 85.1 Å². The molecule has 388 valence electrons. The highest BCUT2D eigenvalue weighted by Crippen LogP contribution is 2.49. The van der Waals surface area contributed by atoms with Crippen LogP contribution in [0.25, 0.3) is 0 Å². The Labute approximate surface area is 403 Å². The van der Waals surface area contributed by atoms with E-state index in [2.05, 4.69) is 103 Å². The van der Waals surface area contributed by atoms with Gasteiger partial charge in [-0.05, 0) is 89.9 Å². The van der Waals surface area contributed by atoms with Crippen LogP contribution in [0.1, 0.15) is 142 Å². The van der Waals surface area contributed by atoms with E-state index in [4.69, 9.17) is 23.3 Å². The SMILES string of the molecule is CC/C=C\C/C=C\C/C=C\C/C=C\CCCCCCC(=O)O[C@H](COC(=O)CCCC1OC1C/C=C\C/C=C\C/C=C\CCCCC)COP(=O)(O)O[C@H]1C(O)C(O)C(O)[C@@H](OP(=O)(O)O)C1O. The number of phosphoric ester groups is 2. The summed E-state index contributed by atoms with van der Waals surface area (Å²) in [6.45, 7) is 2.87. The van der Waals surface area contributed by atoms with Crippen LogP contribution >= 0.6 is 15.6 Å². The van der Waals surface area contributed by atoms with Crippen molar-refractivity contribution in [2.45, 2.75) is 197 Å². The van der Waals surface area contributed by atoms with Gasteiger partial charge in [-0.25, -0.2) is 9.13 Å². The summed E-state index contributed by atoms with van der Waals surface area (Å²) in [7, 11) is -10.7. The average molecular weight is 1000 g/mol. The first-order valence-corrected chi connectivity index (χ1v) is 27.3. The van der Waals surface area contributed by atoms with Crippen molar-refractivity contribution in [1.82, 2.24) is 0 Å². The van der Waals surface area contributed by atoms with E-state index in [0.29, 0.717) is 19.3 Å². The maximum atomic E-state index is 13.0. The van der Waals surface area contributed by atoms with Crippen LogP contribution in [0, 0.1) is 0 Å². The van der Waals surface area contributed by atoms with E-state index in [1.54, 1.807) is 0 Å². The van der Waals surface area contributed by atoms with Crippen LogP contribution in [0.15, 0.2) is 85.1 Å². The van der Waals surface area contributed by atoms with E-state index in [0.717, 1.165) is 77.0 Å². The maximum absolute atomic E-state index is 13.0. The van der Waals surface area contributed by atoms with Gasteiger partial charge in [-0.2, -0.15) is 0 Å². The van der Waals surface area contributed by atoms with Gasteiger partial charge < -0.3 is 49.3 Å². The fourth-order valence-electron chi connectivity index (χ4n) is 7.04. The molecule has 7 N–H and O–H groups in total. The van der Waals surface area contributed by atoms with Crippen LogP contribution in [0.5, 0.6) is 0 Å². The molecular formula is C49H80O17P2. The lowest BCUT2D eigenvalue weighted by atomic mass is 9.85. The van der Waals surface area contributed by atoms with Crippen molar-refractivity contribution in [2.24, 2.45) is 0 Å². The van der Waals surface area contributed by atoms with E-state index in [1.807, 2.05) is 0 Å². The number of hydrogen-bond donors (Lipinski definition) is 7. The van der Waals surface area contributed by atoms with Crippen LogP contribution < -0.4 is 0 Å². The summed E-state index contributed by atoms with van der Waals surface area (Å²) in [5.74, 6) is -1.32. The molecule has 1 saturated carbocycles. The highest BCUT2D eigenvalue weighted by molar-refractivity contribution is 7.47. The molecule has 0 spiro atoms. The van der Waals surface area contributed by atoms with Gasteiger partial charge in [0.25, 0.3) is 0 Å². The number of phosphoric acid groups is 2. The molecule has 1 heterocycles.